The van der Waals surface area contributed by atoms with E-state index in [9.17, 15) is 9.59 Å². The van der Waals surface area contributed by atoms with Crippen LogP contribution in [0.4, 0.5) is 0 Å². The molecule has 1 aliphatic heterocycles. The molecule has 0 aliphatic carbocycles. The highest BCUT2D eigenvalue weighted by Gasteiger charge is 2.19. The molecule has 1 aromatic heterocycles. The summed E-state index contributed by atoms with van der Waals surface area (Å²) in [6.07, 6.45) is 2.31. The summed E-state index contributed by atoms with van der Waals surface area (Å²) in [5, 5.41) is 12.3. The molecule has 0 spiro atoms. The van der Waals surface area contributed by atoms with Gasteiger partial charge in [0.1, 0.15) is 9.88 Å². The smallest absolute Gasteiger partial charge is 0.347 e. The number of carbonyl (C=O) groups excluding carboxylic acids is 1. The molecule has 19 heavy (non-hydrogen) atoms. The van der Waals surface area contributed by atoms with Gasteiger partial charge in [-0.25, -0.2) is 9.78 Å². The molecule has 2 heterocycles. The Bertz CT molecular complexity index is 480. The summed E-state index contributed by atoms with van der Waals surface area (Å²) in [6, 6.07) is 0. The Balaban J connectivity index is 1.82. The minimum atomic E-state index is -0.980. The largest absolute Gasteiger partial charge is 0.477 e. The highest BCUT2D eigenvalue weighted by atomic mass is 32.1. The number of nitrogens with one attached hydrogen (secondary N) is 1. The maximum Gasteiger partial charge on any atom is 0.347 e. The van der Waals surface area contributed by atoms with Gasteiger partial charge in [-0.05, 0) is 19.8 Å². The van der Waals surface area contributed by atoms with Crippen molar-refractivity contribution in [2.75, 3.05) is 6.61 Å². The molecule has 1 aliphatic rings. The van der Waals surface area contributed by atoms with Gasteiger partial charge in [0, 0.05) is 6.61 Å². The normalized spacial score (nSPS) is 18.5. The van der Waals surface area contributed by atoms with Gasteiger partial charge in [0.2, 0.25) is 5.91 Å². The zero-order valence-corrected chi connectivity index (χ0v) is 11.5. The molecule has 1 saturated heterocycles. The molecule has 1 aromatic rings. The summed E-state index contributed by atoms with van der Waals surface area (Å²) in [7, 11) is 0. The number of nitrogens with zero attached hydrogens (tertiary/aromatic N) is 1. The van der Waals surface area contributed by atoms with Gasteiger partial charge < -0.3 is 15.2 Å². The number of carboxylic acid groups (broad SMARTS) is 1. The van der Waals surface area contributed by atoms with E-state index in [-0.39, 0.29) is 23.4 Å². The molecular weight excluding hydrogens is 268 g/mol. The summed E-state index contributed by atoms with van der Waals surface area (Å²) in [4.78, 5) is 26.9. The number of hydrogen-bond acceptors (Lipinski definition) is 5. The van der Waals surface area contributed by atoms with Crippen molar-refractivity contribution in [3.63, 3.8) is 0 Å². The highest BCUT2D eigenvalue weighted by molar-refractivity contribution is 7.13. The van der Waals surface area contributed by atoms with Crippen molar-refractivity contribution >= 4 is 23.2 Å². The second-order valence-corrected chi connectivity index (χ2v) is 5.53. The lowest BCUT2D eigenvalue weighted by atomic mass is 10.2. The van der Waals surface area contributed by atoms with Gasteiger partial charge in [-0.1, -0.05) is 0 Å². The van der Waals surface area contributed by atoms with Crippen molar-refractivity contribution in [1.29, 1.82) is 0 Å². The number of rotatable bonds is 5. The summed E-state index contributed by atoms with van der Waals surface area (Å²) >= 11 is 1.10. The standard InChI is InChI=1S/C12H16N2O4S/c1-7-11(12(16)17)19-10(14-7)6-13-9(15)5-8-3-2-4-18-8/h8H,2-6H2,1H3,(H,13,15)(H,16,17). The number of carbonyl (C=O) groups is 2. The van der Waals surface area contributed by atoms with Crippen LogP contribution in [-0.2, 0) is 16.1 Å². The first-order chi connectivity index (χ1) is 9.06. The number of carboxylic acids is 1. The van der Waals surface area contributed by atoms with E-state index in [1.54, 1.807) is 6.92 Å². The molecule has 6 nitrogen and oxygen atoms in total. The molecule has 7 heteroatoms. The molecule has 104 valence electrons. The third kappa shape index (κ3) is 3.74. The topological polar surface area (TPSA) is 88.5 Å². The predicted molar refractivity (Wildman–Crippen MR) is 69.2 cm³/mol. The van der Waals surface area contributed by atoms with Gasteiger partial charge in [0.05, 0.1) is 24.8 Å². The van der Waals surface area contributed by atoms with E-state index in [0.717, 1.165) is 30.8 Å². The Labute approximate surface area is 114 Å². The fourth-order valence-electron chi connectivity index (χ4n) is 1.98. The van der Waals surface area contributed by atoms with Crippen molar-refractivity contribution in [2.45, 2.75) is 38.8 Å². The van der Waals surface area contributed by atoms with Crippen LogP contribution in [0.5, 0.6) is 0 Å². The lowest BCUT2D eigenvalue weighted by molar-refractivity contribution is -0.123. The molecule has 1 atom stereocenters. The lowest BCUT2D eigenvalue weighted by Gasteiger charge is -2.08. The summed E-state index contributed by atoms with van der Waals surface area (Å²) in [5.41, 5.74) is 0.487. The first-order valence-corrected chi connectivity index (χ1v) is 6.96. The number of hydrogen-bond donors (Lipinski definition) is 2. The average molecular weight is 284 g/mol. The van der Waals surface area contributed by atoms with Gasteiger partial charge in [-0.15, -0.1) is 11.3 Å². The first kappa shape index (κ1) is 14.0. The van der Waals surface area contributed by atoms with Crippen molar-refractivity contribution in [3.8, 4) is 0 Å². The van der Waals surface area contributed by atoms with Crippen molar-refractivity contribution in [2.24, 2.45) is 0 Å². The number of thiazole rings is 1. The molecule has 2 rings (SSSR count). The van der Waals surface area contributed by atoms with Gasteiger partial charge in [0.25, 0.3) is 0 Å². The number of ether oxygens (including phenoxy) is 1. The second kappa shape index (κ2) is 6.12. The second-order valence-electron chi connectivity index (χ2n) is 4.44. The van der Waals surface area contributed by atoms with Crippen molar-refractivity contribution in [1.82, 2.24) is 10.3 Å². The van der Waals surface area contributed by atoms with E-state index in [2.05, 4.69) is 10.3 Å². The van der Waals surface area contributed by atoms with Crippen molar-refractivity contribution in [3.05, 3.63) is 15.6 Å². The Hall–Kier alpha value is -1.47. The van der Waals surface area contributed by atoms with E-state index in [4.69, 9.17) is 9.84 Å². The van der Waals surface area contributed by atoms with Gasteiger partial charge in [0.15, 0.2) is 0 Å². The highest BCUT2D eigenvalue weighted by Crippen LogP contribution is 2.18. The van der Waals surface area contributed by atoms with E-state index >= 15 is 0 Å². The van der Waals surface area contributed by atoms with Crippen LogP contribution in [-0.4, -0.2) is 34.7 Å². The fourth-order valence-corrected chi connectivity index (χ4v) is 2.83. The van der Waals surface area contributed by atoms with E-state index < -0.39 is 5.97 Å². The van der Waals surface area contributed by atoms with E-state index in [0.29, 0.717) is 17.1 Å². The molecule has 0 saturated carbocycles. The number of aromatic nitrogens is 1. The third-order valence-corrected chi connectivity index (χ3v) is 4.05. The minimum absolute atomic E-state index is 0.0209. The number of amides is 1. The first-order valence-electron chi connectivity index (χ1n) is 6.14. The SMILES string of the molecule is Cc1nc(CNC(=O)CC2CCCO2)sc1C(=O)O. The molecule has 0 radical (unpaired) electrons. The zero-order valence-electron chi connectivity index (χ0n) is 10.6. The van der Waals surface area contributed by atoms with Gasteiger partial charge >= 0.3 is 5.97 Å². The Morgan fingerprint density at radius 2 is 2.37 bits per heavy atom. The Morgan fingerprint density at radius 1 is 1.58 bits per heavy atom. The van der Waals surface area contributed by atoms with Crippen LogP contribution < -0.4 is 5.32 Å². The van der Waals surface area contributed by atoms with Crippen molar-refractivity contribution < 1.29 is 19.4 Å². The monoisotopic (exact) mass is 284 g/mol. The Morgan fingerprint density at radius 3 is 2.95 bits per heavy atom. The Kier molecular flexibility index (Phi) is 4.49. The summed E-state index contributed by atoms with van der Waals surface area (Å²) in [5.74, 6) is -1.07. The van der Waals surface area contributed by atoms with E-state index in [1.807, 2.05) is 0 Å². The van der Waals surface area contributed by atoms with Crippen LogP contribution in [0.15, 0.2) is 0 Å². The summed E-state index contributed by atoms with van der Waals surface area (Å²) in [6.45, 7) is 2.65. The van der Waals surface area contributed by atoms with Crippen LogP contribution >= 0.6 is 11.3 Å². The molecule has 1 amide bonds. The lowest BCUT2D eigenvalue weighted by Crippen LogP contribution is -2.26. The van der Waals surface area contributed by atoms with Crippen LogP contribution in [0.25, 0.3) is 0 Å². The third-order valence-electron chi connectivity index (χ3n) is 2.91. The van der Waals surface area contributed by atoms with Crippen LogP contribution in [0.1, 0.15) is 39.6 Å². The molecule has 2 N–H and O–H groups in total. The average Bonchev–Trinajstić information content (AvgIpc) is 2.96. The van der Waals surface area contributed by atoms with Gasteiger partial charge in [-0.2, -0.15) is 0 Å². The van der Waals surface area contributed by atoms with Crippen LogP contribution in [0.2, 0.25) is 0 Å². The number of aryl methyl sites for hydroxylation is 1. The molecule has 1 unspecified atom stereocenters. The molecule has 0 bridgehead atoms. The maximum absolute atomic E-state index is 11.7. The predicted octanol–water partition coefficient (Wildman–Crippen LogP) is 1.34. The van der Waals surface area contributed by atoms with Gasteiger partial charge in [-0.3, -0.25) is 4.79 Å². The quantitative estimate of drug-likeness (QED) is 0.851. The maximum atomic E-state index is 11.7. The fraction of sp³-hybridized carbons (Fsp3) is 0.583. The zero-order chi connectivity index (χ0) is 13.8. The van der Waals surface area contributed by atoms with E-state index in [1.165, 1.54) is 0 Å². The molecule has 1 fully saturated rings. The van der Waals surface area contributed by atoms with Crippen LogP contribution in [0.3, 0.4) is 0 Å². The number of aromatic carboxylic acids is 1. The molecule has 0 aromatic carbocycles. The van der Waals surface area contributed by atoms with Crippen LogP contribution in [0, 0.1) is 6.92 Å². The summed E-state index contributed by atoms with van der Waals surface area (Å²) < 4.78 is 5.38. The molecular formula is C12H16N2O4S. The minimum Gasteiger partial charge on any atom is -0.477 e.